The fraction of sp³-hybridized carbons (Fsp3) is 0.900. The number of nitrogens with one attached hydrogen (secondary N) is 1. The first-order valence-corrected chi connectivity index (χ1v) is 5.17. The number of hydrogen-bond donors (Lipinski definition) is 2. The second-order valence-corrected chi connectivity index (χ2v) is 4.09. The van der Waals surface area contributed by atoms with Gasteiger partial charge >= 0.3 is 0 Å². The van der Waals surface area contributed by atoms with Gasteiger partial charge in [-0.1, -0.05) is 13.8 Å². The van der Waals surface area contributed by atoms with Crippen LogP contribution in [0.1, 0.15) is 33.1 Å². The van der Waals surface area contributed by atoms with Crippen molar-refractivity contribution in [3.05, 3.63) is 0 Å². The summed E-state index contributed by atoms with van der Waals surface area (Å²) in [7, 11) is 0. The molecule has 1 saturated carbocycles. The molecule has 2 unspecified atom stereocenters. The highest BCUT2D eigenvalue weighted by atomic mass is 16.1. The number of carbonyl (C=O) groups is 1. The van der Waals surface area contributed by atoms with Gasteiger partial charge in [-0.25, -0.2) is 0 Å². The Morgan fingerprint density at radius 1 is 1.62 bits per heavy atom. The normalized spacial score (nSPS) is 21.1. The zero-order valence-electron chi connectivity index (χ0n) is 8.55. The number of rotatable bonds is 6. The fourth-order valence-electron chi connectivity index (χ4n) is 1.61. The summed E-state index contributed by atoms with van der Waals surface area (Å²) in [5.74, 6) is 1.34. The van der Waals surface area contributed by atoms with Gasteiger partial charge in [0.15, 0.2) is 0 Å². The molecule has 3 nitrogen and oxygen atoms in total. The van der Waals surface area contributed by atoms with Crippen molar-refractivity contribution in [2.45, 2.75) is 39.2 Å². The maximum atomic E-state index is 10.9. The lowest BCUT2D eigenvalue weighted by atomic mass is 10.1. The number of carbonyl (C=O) groups excluding carboxylic acids is 1. The molecule has 1 amide bonds. The topological polar surface area (TPSA) is 55.1 Å². The lowest BCUT2D eigenvalue weighted by Gasteiger charge is -2.16. The monoisotopic (exact) mass is 184 g/mol. The minimum absolute atomic E-state index is 0.138. The van der Waals surface area contributed by atoms with Gasteiger partial charge in [0.05, 0.1) is 6.04 Å². The van der Waals surface area contributed by atoms with E-state index >= 15 is 0 Å². The highest BCUT2D eigenvalue weighted by Gasteiger charge is 2.28. The van der Waals surface area contributed by atoms with Gasteiger partial charge < -0.3 is 11.1 Å². The van der Waals surface area contributed by atoms with Crippen molar-refractivity contribution in [1.82, 2.24) is 5.32 Å². The standard InChI is InChI=1S/C10H20N2O/c1-3-9(10(11)13)12-6-7(2)8-4-5-8/h7-9,12H,3-6H2,1-2H3,(H2,11,13). The first-order chi connectivity index (χ1) is 6.15. The van der Waals surface area contributed by atoms with Gasteiger partial charge in [-0.2, -0.15) is 0 Å². The second kappa shape index (κ2) is 4.61. The molecular formula is C10H20N2O. The summed E-state index contributed by atoms with van der Waals surface area (Å²) in [5, 5.41) is 3.22. The summed E-state index contributed by atoms with van der Waals surface area (Å²) < 4.78 is 0. The van der Waals surface area contributed by atoms with Gasteiger partial charge in [0, 0.05) is 0 Å². The zero-order valence-corrected chi connectivity index (χ0v) is 8.55. The Kier molecular flexibility index (Phi) is 3.72. The Balaban J connectivity index is 2.18. The summed E-state index contributed by atoms with van der Waals surface area (Å²) in [5.41, 5.74) is 5.22. The quantitative estimate of drug-likeness (QED) is 0.644. The average Bonchev–Trinajstić information content (AvgIpc) is 2.86. The summed E-state index contributed by atoms with van der Waals surface area (Å²) in [6, 6.07) is -0.138. The molecule has 0 aromatic carbocycles. The predicted molar refractivity (Wildman–Crippen MR) is 53.2 cm³/mol. The summed E-state index contributed by atoms with van der Waals surface area (Å²) in [6.07, 6.45) is 3.50. The van der Waals surface area contributed by atoms with Crippen LogP contribution in [0.3, 0.4) is 0 Å². The summed E-state index contributed by atoms with van der Waals surface area (Å²) >= 11 is 0. The Labute approximate surface area is 80.1 Å². The number of hydrogen-bond acceptors (Lipinski definition) is 2. The first-order valence-electron chi connectivity index (χ1n) is 5.17. The van der Waals surface area contributed by atoms with Crippen LogP contribution in [0.5, 0.6) is 0 Å². The first kappa shape index (κ1) is 10.5. The van der Waals surface area contributed by atoms with E-state index in [0.29, 0.717) is 5.92 Å². The van der Waals surface area contributed by atoms with Crippen LogP contribution in [0.25, 0.3) is 0 Å². The van der Waals surface area contributed by atoms with E-state index in [1.54, 1.807) is 0 Å². The smallest absolute Gasteiger partial charge is 0.234 e. The molecule has 76 valence electrons. The average molecular weight is 184 g/mol. The van der Waals surface area contributed by atoms with E-state index in [-0.39, 0.29) is 11.9 Å². The number of amides is 1. The van der Waals surface area contributed by atoms with E-state index in [0.717, 1.165) is 18.9 Å². The maximum Gasteiger partial charge on any atom is 0.234 e. The van der Waals surface area contributed by atoms with E-state index < -0.39 is 0 Å². The number of primary amides is 1. The molecule has 1 fully saturated rings. The molecule has 13 heavy (non-hydrogen) atoms. The predicted octanol–water partition coefficient (Wildman–Crippen LogP) is 0.886. The van der Waals surface area contributed by atoms with Crippen molar-refractivity contribution in [3.8, 4) is 0 Å². The molecule has 1 aliphatic rings. The Morgan fingerprint density at radius 3 is 2.62 bits per heavy atom. The van der Waals surface area contributed by atoms with E-state index in [4.69, 9.17) is 5.73 Å². The fourth-order valence-corrected chi connectivity index (χ4v) is 1.61. The highest BCUT2D eigenvalue weighted by Crippen LogP contribution is 2.36. The molecule has 1 aliphatic carbocycles. The molecule has 0 aromatic rings. The van der Waals surface area contributed by atoms with Crippen LogP contribution >= 0.6 is 0 Å². The molecule has 2 atom stereocenters. The SMILES string of the molecule is CCC(NCC(C)C1CC1)C(N)=O. The van der Waals surface area contributed by atoms with Gasteiger partial charge in [-0.3, -0.25) is 4.79 Å². The van der Waals surface area contributed by atoms with Crippen LogP contribution < -0.4 is 11.1 Å². The van der Waals surface area contributed by atoms with Crippen LogP contribution in [0.2, 0.25) is 0 Å². The van der Waals surface area contributed by atoms with E-state index in [9.17, 15) is 4.79 Å². The summed E-state index contributed by atoms with van der Waals surface area (Å²) in [6.45, 7) is 5.13. The van der Waals surface area contributed by atoms with Crippen molar-refractivity contribution < 1.29 is 4.79 Å². The van der Waals surface area contributed by atoms with Crippen molar-refractivity contribution in [2.75, 3.05) is 6.54 Å². The van der Waals surface area contributed by atoms with Crippen molar-refractivity contribution in [1.29, 1.82) is 0 Å². The van der Waals surface area contributed by atoms with Crippen LogP contribution in [-0.4, -0.2) is 18.5 Å². The third-order valence-electron chi connectivity index (χ3n) is 2.86. The Hall–Kier alpha value is -0.570. The van der Waals surface area contributed by atoms with E-state index in [2.05, 4.69) is 12.2 Å². The highest BCUT2D eigenvalue weighted by molar-refractivity contribution is 5.79. The van der Waals surface area contributed by atoms with Crippen molar-refractivity contribution in [2.24, 2.45) is 17.6 Å². The minimum Gasteiger partial charge on any atom is -0.368 e. The third-order valence-corrected chi connectivity index (χ3v) is 2.86. The molecule has 0 spiro atoms. The molecule has 0 aromatic heterocycles. The Morgan fingerprint density at radius 2 is 2.23 bits per heavy atom. The molecule has 3 N–H and O–H groups in total. The van der Waals surface area contributed by atoms with Gasteiger partial charge in [0.1, 0.15) is 0 Å². The van der Waals surface area contributed by atoms with Crippen LogP contribution in [0.4, 0.5) is 0 Å². The Bertz CT molecular complexity index is 178. The van der Waals surface area contributed by atoms with Crippen LogP contribution in [0, 0.1) is 11.8 Å². The van der Waals surface area contributed by atoms with Gasteiger partial charge in [0.2, 0.25) is 5.91 Å². The zero-order chi connectivity index (χ0) is 9.84. The molecule has 0 bridgehead atoms. The van der Waals surface area contributed by atoms with E-state index in [1.165, 1.54) is 12.8 Å². The molecule has 1 rings (SSSR count). The lowest BCUT2D eigenvalue weighted by molar-refractivity contribution is -0.120. The molecule has 0 heterocycles. The van der Waals surface area contributed by atoms with Crippen LogP contribution in [-0.2, 0) is 4.79 Å². The van der Waals surface area contributed by atoms with Crippen molar-refractivity contribution >= 4 is 5.91 Å². The van der Waals surface area contributed by atoms with Gasteiger partial charge in [-0.15, -0.1) is 0 Å². The van der Waals surface area contributed by atoms with Gasteiger partial charge in [-0.05, 0) is 37.6 Å². The molecule has 0 radical (unpaired) electrons. The third kappa shape index (κ3) is 3.35. The van der Waals surface area contributed by atoms with Crippen LogP contribution in [0.15, 0.2) is 0 Å². The summed E-state index contributed by atoms with van der Waals surface area (Å²) in [4.78, 5) is 10.9. The molecule has 0 aliphatic heterocycles. The van der Waals surface area contributed by atoms with E-state index in [1.807, 2.05) is 6.92 Å². The molecular weight excluding hydrogens is 164 g/mol. The maximum absolute atomic E-state index is 10.9. The largest absolute Gasteiger partial charge is 0.368 e. The second-order valence-electron chi connectivity index (χ2n) is 4.09. The molecule has 3 heteroatoms. The lowest BCUT2D eigenvalue weighted by Crippen LogP contribution is -2.42. The minimum atomic E-state index is -0.231. The van der Waals surface area contributed by atoms with Crippen molar-refractivity contribution in [3.63, 3.8) is 0 Å². The molecule has 0 saturated heterocycles. The van der Waals surface area contributed by atoms with Gasteiger partial charge in [0.25, 0.3) is 0 Å². The number of nitrogens with two attached hydrogens (primary N) is 1.